The largest absolute Gasteiger partial charge is 0.468 e. The minimum atomic E-state index is -0.631. The second kappa shape index (κ2) is 8.87. The number of ether oxygens (including phenoxy) is 2. The standard InChI is InChI=1S/C6H7N3O4.C6H9N3O2/c1-13-6(10)3-8-2-5(7-4-8)9(11)12;1-11-6(10)3-9-2-5(7)8-4-9/h2,4H,3H2,1H3;2,4H,3,7H2,1H3. The van der Waals surface area contributed by atoms with Crippen molar-refractivity contribution >= 4 is 23.6 Å². The van der Waals surface area contributed by atoms with Crippen molar-refractivity contribution in [2.45, 2.75) is 13.1 Å². The van der Waals surface area contributed by atoms with E-state index in [4.69, 9.17) is 5.73 Å². The number of nitrogens with two attached hydrogens (primary N) is 1. The third-order valence-corrected chi connectivity index (χ3v) is 2.54. The van der Waals surface area contributed by atoms with Gasteiger partial charge in [-0.3, -0.25) is 14.2 Å². The Labute approximate surface area is 136 Å². The summed E-state index contributed by atoms with van der Waals surface area (Å²) in [5.74, 6) is -0.687. The number of esters is 2. The fourth-order valence-electron chi connectivity index (χ4n) is 1.42. The van der Waals surface area contributed by atoms with Crippen LogP contribution in [0.3, 0.4) is 0 Å². The maximum atomic E-state index is 10.7. The highest BCUT2D eigenvalue weighted by atomic mass is 16.6. The van der Waals surface area contributed by atoms with Crippen LogP contribution in [-0.4, -0.2) is 50.2 Å². The number of nitrogens with zero attached hydrogens (tertiary/aromatic N) is 5. The van der Waals surface area contributed by atoms with Crippen molar-refractivity contribution in [1.29, 1.82) is 0 Å². The minimum absolute atomic E-state index is 0.0721. The summed E-state index contributed by atoms with van der Waals surface area (Å²) in [4.78, 5) is 38.1. The molecule has 2 N–H and O–H groups in total. The number of carbonyl (C=O) groups excluding carboxylic acids is 2. The predicted octanol–water partition coefficient (Wildman–Crippen LogP) is -0.397. The first-order valence-corrected chi connectivity index (χ1v) is 6.42. The number of rotatable bonds is 5. The van der Waals surface area contributed by atoms with Gasteiger partial charge in [0.2, 0.25) is 6.33 Å². The van der Waals surface area contributed by atoms with Gasteiger partial charge in [-0.15, -0.1) is 0 Å². The average molecular weight is 340 g/mol. The number of aromatic nitrogens is 4. The Balaban J connectivity index is 0.000000243. The molecule has 2 rings (SSSR count). The maximum absolute atomic E-state index is 10.7. The number of hydrogen-bond acceptors (Lipinski definition) is 9. The van der Waals surface area contributed by atoms with Crippen LogP contribution in [0, 0.1) is 10.1 Å². The van der Waals surface area contributed by atoms with Crippen molar-refractivity contribution in [1.82, 2.24) is 19.1 Å². The fraction of sp³-hybridized carbons (Fsp3) is 0.333. The van der Waals surface area contributed by atoms with E-state index in [-0.39, 0.29) is 24.9 Å². The second-order valence-electron chi connectivity index (χ2n) is 4.28. The van der Waals surface area contributed by atoms with Gasteiger partial charge in [-0.2, -0.15) is 0 Å². The molecule has 0 aliphatic carbocycles. The molecule has 12 nitrogen and oxygen atoms in total. The van der Waals surface area contributed by atoms with E-state index in [2.05, 4.69) is 19.4 Å². The second-order valence-corrected chi connectivity index (χ2v) is 4.28. The Morgan fingerprint density at radius 2 is 1.62 bits per heavy atom. The van der Waals surface area contributed by atoms with Crippen molar-refractivity contribution < 1.29 is 24.0 Å². The summed E-state index contributed by atoms with van der Waals surface area (Å²) in [6, 6.07) is 0. The Hall–Kier alpha value is -3.44. The van der Waals surface area contributed by atoms with Gasteiger partial charge in [0.25, 0.3) is 0 Å². The molecular formula is C12H16N6O6. The highest BCUT2D eigenvalue weighted by Gasteiger charge is 2.11. The van der Waals surface area contributed by atoms with Gasteiger partial charge in [-0.25, -0.2) is 4.98 Å². The van der Waals surface area contributed by atoms with E-state index in [0.717, 1.165) is 6.20 Å². The Morgan fingerprint density at radius 3 is 2.00 bits per heavy atom. The molecule has 2 aromatic rings. The van der Waals surface area contributed by atoms with E-state index in [9.17, 15) is 19.7 Å². The molecule has 24 heavy (non-hydrogen) atoms. The molecule has 0 saturated heterocycles. The molecule has 0 radical (unpaired) electrons. The molecule has 0 amide bonds. The summed E-state index contributed by atoms with van der Waals surface area (Å²) < 4.78 is 11.6. The molecular weight excluding hydrogens is 324 g/mol. The molecule has 0 unspecified atom stereocenters. The lowest BCUT2D eigenvalue weighted by Crippen LogP contribution is -2.09. The first kappa shape index (κ1) is 18.6. The molecule has 2 aromatic heterocycles. The summed E-state index contributed by atoms with van der Waals surface area (Å²) in [5, 5.41) is 10.2. The smallest absolute Gasteiger partial charge is 0.381 e. The number of nitro groups is 1. The van der Waals surface area contributed by atoms with E-state index >= 15 is 0 Å². The van der Waals surface area contributed by atoms with Crippen LogP contribution in [0.5, 0.6) is 0 Å². The molecule has 12 heteroatoms. The molecule has 0 aliphatic heterocycles. The molecule has 0 aromatic carbocycles. The Kier molecular flexibility index (Phi) is 6.88. The molecule has 0 fully saturated rings. The van der Waals surface area contributed by atoms with E-state index in [1.54, 1.807) is 10.8 Å². The number of carbonyl (C=O) groups is 2. The fourth-order valence-corrected chi connectivity index (χ4v) is 1.42. The van der Waals surface area contributed by atoms with Crippen molar-refractivity contribution in [2.24, 2.45) is 0 Å². The van der Waals surface area contributed by atoms with Gasteiger partial charge < -0.3 is 29.9 Å². The number of methoxy groups -OCH3 is 2. The Bertz CT molecular complexity index is 708. The van der Waals surface area contributed by atoms with Crippen LogP contribution in [0.4, 0.5) is 11.6 Å². The lowest BCUT2D eigenvalue weighted by atomic mass is 10.6. The maximum Gasteiger partial charge on any atom is 0.381 e. The zero-order valence-corrected chi connectivity index (χ0v) is 13.0. The van der Waals surface area contributed by atoms with Crippen molar-refractivity contribution in [3.8, 4) is 0 Å². The van der Waals surface area contributed by atoms with Crippen molar-refractivity contribution in [2.75, 3.05) is 20.0 Å². The van der Waals surface area contributed by atoms with Crippen LogP contribution >= 0.6 is 0 Å². The van der Waals surface area contributed by atoms with E-state index < -0.39 is 10.9 Å². The van der Waals surface area contributed by atoms with E-state index in [1.165, 1.54) is 31.4 Å². The zero-order chi connectivity index (χ0) is 18.1. The quantitative estimate of drug-likeness (QED) is 0.434. The molecule has 0 bridgehead atoms. The normalized spacial score (nSPS) is 9.58. The molecule has 130 valence electrons. The minimum Gasteiger partial charge on any atom is -0.468 e. The van der Waals surface area contributed by atoms with Crippen LogP contribution in [-0.2, 0) is 32.2 Å². The van der Waals surface area contributed by atoms with Gasteiger partial charge in [-0.1, -0.05) is 0 Å². The SMILES string of the molecule is COC(=O)Cn1cnc(N)c1.COC(=O)Cn1cnc([N+](=O)[O-])c1. The van der Waals surface area contributed by atoms with Crippen molar-refractivity contribution in [3.63, 3.8) is 0 Å². The highest BCUT2D eigenvalue weighted by Crippen LogP contribution is 2.05. The van der Waals surface area contributed by atoms with Gasteiger partial charge in [0, 0.05) is 6.20 Å². The third-order valence-electron chi connectivity index (χ3n) is 2.54. The van der Waals surface area contributed by atoms with Gasteiger partial charge in [0.15, 0.2) is 0 Å². The van der Waals surface area contributed by atoms with Gasteiger partial charge in [0.1, 0.15) is 25.1 Å². The summed E-state index contributed by atoms with van der Waals surface area (Å²) in [6.45, 7) is 0.0814. The van der Waals surface area contributed by atoms with Crippen LogP contribution in [0.25, 0.3) is 0 Å². The number of hydrogen-bond donors (Lipinski definition) is 1. The van der Waals surface area contributed by atoms with Crippen molar-refractivity contribution in [3.05, 3.63) is 35.2 Å². The summed E-state index contributed by atoms with van der Waals surface area (Å²) in [7, 11) is 2.58. The molecule has 0 atom stereocenters. The monoisotopic (exact) mass is 340 g/mol. The number of nitrogen functional groups attached to an aromatic ring is 1. The lowest BCUT2D eigenvalue weighted by molar-refractivity contribution is -0.389. The molecule has 0 saturated carbocycles. The lowest BCUT2D eigenvalue weighted by Gasteiger charge is -1.97. The van der Waals surface area contributed by atoms with Crippen LogP contribution in [0.2, 0.25) is 0 Å². The first-order valence-electron chi connectivity index (χ1n) is 6.42. The average Bonchev–Trinajstić information content (AvgIpc) is 3.17. The number of anilines is 1. The number of imidazole rings is 2. The topological polar surface area (TPSA) is 157 Å². The van der Waals surface area contributed by atoms with Crippen LogP contribution < -0.4 is 5.73 Å². The first-order chi connectivity index (χ1) is 11.3. The van der Waals surface area contributed by atoms with Crippen LogP contribution in [0.1, 0.15) is 0 Å². The molecule has 0 spiro atoms. The highest BCUT2D eigenvalue weighted by molar-refractivity contribution is 5.69. The van der Waals surface area contributed by atoms with E-state index in [1.807, 2.05) is 0 Å². The van der Waals surface area contributed by atoms with Gasteiger partial charge in [-0.05, 0) is 9.91 Å². The van der Waals surface area contributed by atoms with E-state index in [0.29, 0.717) is 5.82 Å². The molecule has 2 heterocycles. The van der Waals surface area contributed by atoms with Gasteiger partial charge >= 0.3 is 17.8 Å². The predicted molar refractivity (Wildman–Crippen MR) is 79.6 cm³/mol. The zero-order valence-electron chi connectivity index (χ0n) is 13.0. The Morgan fingerprint density at radius 1 is 1.12 bits per heavy atom. The van der Waals surface area contributed by atoms with Gasteiger partial charge in [0.05, 0.1) is 20.5 Å². The van der Waals surface area contributed by atoms with Crippen LogP contribution in [0.15, 0.2) is 25.0 Å². The molecule has 0 aliphatic rings. The summed E-state index contributed by atoms with van der Waals surface area (Å²) in [6.07, 6.45) is 5.41. The third kappa shape index (κ3) is 6.13. The summed E-state index contributed by atoms with van der Waals surface area (Å²) in [5.41, 5.74) is 5.31. The summed E-state index contributed by atoms with van der Waals surface area (Å²) >= 11 is 0.